The summed E-state index contributed by atoms with van der Waals surface area (Å²) in [6.45, 7) is 0. The minimum atomic E-state index is -0.381. The first-order valence-corrected chi connectivity index (χ1v) is 6.39. The van der Waals surface area contributed by atoms with Gasteiger partial charge >= 0.3 is 0 Å². The van der Waals surface area contributed by atoms with E-state index < -0.39 is 0 Å². The van der Waals surface area contributed by atoms with Gasteiger partial charge in [-0.2, -0.15) is 0 Å². The second-order valence-corrected chi connectivity index (χ2v) is 5.01. The Morgan fingerprint density at radius 1 is 1.50 bits per heavy atom. The average molecular weight is 268 g/mol. The fourth-order valence-electron chi connectivity index (χ4n) is 2.33. The molecule has 0 aliphatic heterocycles. The van der Waals surface area contributed by atoms with Crippen LogP contribution in [0.5, 0.6) is 0 Å². The number of nitrogens with two attached hydrogens (primary N) is 1. The topological polar surface area (TPSA) is 47.3 Å². The maximum Gasteiger partial charge on any atom is 0.135 e. The largest absolute Gasteiger partial charge is 0.389 e. The SMILES string of the molecule is COC1CCC(Nc2ccc(C(N)=S)c(F)c2)C1. The molecular formula is C13H17FN2OS. The van der Waals surface area contributed by atoms with Gasteiger partial charge in [-0.25, -0.2) is 4.39 Å². The number of benzene rings is 1. The van der Waals surface area contributed by atoms with E-state index in [9.17, 15) is 4.39 Å². The van der Waals surface area contributed by atoms with E-state index in [0.717, 1.165) is 24.9 Å². The quantitative estimate of drug-likeness (QED) is 0.823. The zero-order valence-electron chi connectivity index (χ0n) is 10.3. The molecule has 0 radical (unpaired) electrons. The second kappa shape index (κ2) is 5.63. The summed E-state index contributed by atoms with van der Waals surface area (Å²) in [7, 11) is 1.73. The third-order valence-corrected chi connectivity index (χ3v) is 3.54. The molecule has 1 aromatic rings. The van der Waals surface area contributed by atoms with Gasteiger partial charge in [0.15, 0.2) is 0 Å². The van der Waals surface area contributed by atoms with E-state index in [1.807, 2.05) is 0 Å². The first kappa shape index (κ1) is 13.2. The third kappa shape index (κ3) is 2.97. The van der Waals surface area contributed by atoms with Crippen LogP contribution in [0.15, 0.2) is 18.2 Å². The lowest BCUT2D eigenvalue weighted by Gasteiger charge is -2.15. The van der Waals surface area contributed by atoms with Crippen molar-refractivity contribution in [2.45, 2.75) is 31.4 Å². The number of methoxy groups -OCH3 is 1. The van der Waals surface area contributed by atoms with E-state index in [4.69, 9.17) is 22.7 Å². The fourth-order valence-corrected chi connectivity index (χ4v) is 2.49. The Hall–Kier alpha value is -1.20. The highest BCUT2D eigenvalue weighted by atomic mass is 32.1. The van der Waals surface area contributed by atoms with Crippen molar-refractivity contribution in [1.82, 2.24) is 0 Å². The standard InChI is InChI=1S/C13H17FN2OS/c1-17-10-4-2-8(6-10)16-9-3-5-11(13(15)18)12(14)7-9/h3,5,7-8,10,16H,2,4,6H2,1H3,(H2,15,18). The van der Waals surface area contributed by atoms with Crippen LogP contribution < -0.4 is 11.1 Å². The highest BCUT2D eigenvalue weighted by Crippen LogP contribution is 2.25. The summed E-state index contributed by atoms with van der Waals surface area (Å²) in [4.78, 5) is 0.0827. The summed E-state index contributed by atoms with van der Waals surface area (Å²) < 4.78 is 19.0. The van der Waals surface area contributed by atoms with Gasteiger partial charge in [0.25, 0.3) is 0 Å². The van der Waals surface area contributed by atoms with Crippen LogP contribution in [-0.2, 0) is 4.74 Å². The van der Waals surface area contributed by atoms with Crippen molar-refractivity contribution >= 4 is 22.9 Å². The summed E-state index contributed by atoms with van der Waals surface area (Å²) >= 11 is 4.77. The Labute approximate surface area is 112 Å². The minimum absolute atomic E-state index is 0.0827. The lowest BCUT2D eigenvalue weighted by atomic mass is 10.1. The molecular weight excluding hydrogens is 251 g/mol. The number of anilines is 1. The molecule has 3 N–H and O–H groups in total. The molecule has 0 amide bonds. The fraction of sp³-hybridized carbons (Fsp3) is 0.462. The molecule has 1 aliphatic rings. The molecule has 3 nitrogen and oxygen atoms in total. The molecule has 2 rings (SSSR count). The third-order valence-electron chi connectivity index (χ3n) is 3.32. The summed E-state index contributed by atoms with van der Waals surface area (Å²) in [5, 5.41) is 3.31. The molecule has 0 heterocycles. The van der Waals surface area contributed by atoms with Crippen LogP contribution in [0.1, 0.15) is 24.8 Å². The number of halogens is 1. The van der Waals surface area contributed by atoms with Crippen LogP contribution in [0, 0.1) is 5.82 Å². The number of ether oxygens (including phenoxy) is 1. The van der Waals surface area contributed by atoms with Gasteiger partial charge in [-0.15, -0.1) is 0 Å². The normalized spacial score (nSPS) is 23.0. The van der Waals surface area contributed by atoms with E-state index in [1.165, 1.54) is 6.07 Å². The molecule has 0 spiro atoms. The lowest BCUT2D eigenvalue weighted by molar-refractivity contribution is 0.108. The molecule has 1 aromatic carbocycles. The molecule has 1 aliphatic carbocycles. The van der Waals surface area contributed by atoms with E-state index in [-0.39, 0.29) is 16.4 Å². The van der Waals surface area contributed by atoms with Crippen molar-refractivity contribution in [3.63, 3.8) is 0 Å². The van der Waals surface area contributed by atoms with E-state index in [0.29, 0.717) is 12.1 Å². The van der Waals surface area contributed by atoms with Gasteiger partial charge in [-0.1, -0.05) is 12.2 Å². The molecule has 98 valence electrons. The van der Waals surface area contributed by atoms with Gasteiger partial charge in [-0.05, 0) is 37.5 Å². The zero-order valence-corrected chi connectivity index (χ0v) is 11.1. The highest BCUT2D eigenvalue weighted by molar-refractivity contribution is 7.80. The molecule has 18 heavy (non-hydrogen) atoms. The molecule has 2 atom stereocenters. The van der Waals surface area contributed by atoms with Crippen LogP contribution >= 0.6 is 12.2 Å². The smallest absolute Gasteiger partial charge is 0.135 e. The van der Waals surface area contributed by atoms with Crippen molar-refractivity contribution in [2.24, 2.45) is 5.73 Å². The van der Waals surface area contributed by atoms with Crippen molar-refractivity contribution in [3.05, 3.63) is 29.6 Å². The summed E-state index contributed by atoms with van der Waals surface area (Å²) in [5.41, 5.74) is 6.47. The Balaban J connectivity index is 2.02. The van der Waals surface area contributed by atoms with Gasteiger partial charge in [0.2, 0.25) is 0 Å². The average Bonchev–Trinajstić information content (AvgIpc) is 2.76. The van der Waals surface area contributed by atoms with Crippen molar-refractivity contribution in [1.29, 1.82) is 0 Å². The Bertz CT molecular complexity index is 453. The van der Waals surface area contributed by atoms with E-state index >= 15 is 0 Å². The number of hydrogen-bond acceptors (Lipinski definition) is 3. The first-order valence-electron chi connectivity index (χ1n) is 5.99. The van der Waals surface area contributed by atoms with Crippen molar-refractivity contribution in [3.8, 4) is 0 Å². The van der Waals surface area contributed by atoms with Crippen molar-refractivity contribution < 1.29 is 9.13 Å². The van der Waals surface area contributed by atoms with Crippen LogP contribution in [0.3, 0.4) is 0 Å². The van der Waals surface area contributed by atoms with Gasteiger partial charge in [0.05, 0.1) is 6.10 Å². The summed E-state index contributed by atoms with van der Waals surface area (Å²) in [6, 6.07) is 5.19. The predicted molar refractivity (Wildman–Crippen MR) is 74.3 cm³/mol. The number of rotatable bonds is 4. The number of hydrogen-bond donors (Lipinski definition) is 2. The Morgan fingerprint density at radius 3 is 2.83 bits per heavy atom. The number of nitrogens with one attached hydrogen (secondary N) is 1. The highest BCUT2D eigenvalue weighted by Gasteiger charge is 2.24. The first-order chi connectivity index (χ1) is 8.60. The Morgan fingerprint density at radius 2 is 2.28 bits per heavy atom. The van der Waals surface area contributed by atoms with Gasteiger partial charge in [0.1, 0.15) is 10.8 Å². The van der Waals surface area contributed by atoms with Gasteiger partial charge < -0.3 is 15.8 Å². The molecule has 2 unspecified atom stereocenters. The summed E-state index contributed by atoms with van der Waals surface area (Å²) in [6.07, 6.45) is 3.34. The van der Waals surface area contributed by atoms with Crippen LogP contribution in [0.25, 0.3) is 0 Å². The lowest BCUT2D eigenvalue weighted by Crippen LogP contribution is -2.18. The Kier molecular flexibility index (Phi) is 4.14. The van der Waals surface area contributed by atoms with Crippen LogP contribution in [-0.4, -0.2) is 24.2 Å². The molecule has 0 aromatic heterocycles. The molecule has 0 bridgehead atoms. The second-order valence-electron chi connectivity index (χ2n) is 4.57. The summed E-state index contributed by atoms with van der Waals surface area (Å²) in [5.74, 6) is -0.381. The minimum Gasteiger partial charge on any atom is -0.389 e. The zero-order chi connectivity index (χ0) is 13.1. The monoisotopic (exact) mass is 268 g/mol. The van der Waals surface area contributed by atoms with Gasteiger partial charge in [0, 0.05) is 24.4 Å². The molecule has 1 fully saturated rings. The van der Waals surface area contributed by atoms with Crippen LogP contribution in [0.4, 0.5) is 10.1 Å². The predicted octanol–water partition coefficient (Wildman–Crippen LogP) is 2.44. The number of thiocarbonyl (C=S) groups is 1. The van der Waals surface area contributed by atoms with Crippen LogP contribution in [0.2, 0.25) is 0 Å². The maximum absolute atomic E-state index is 13.7. The van der Waals surface area contributed by atoms with Crippen molar-refractivity contribution in [2.75, 3.05) is 12.4 Å². The van der Waals surface area contributed by atoms with Gasteiger partial charge in [-0.3, -0.25) is 0 Å². The van der Waals surface area contributed by atoms with E-state index in [1.54, 1.807) is 19.2 Å². The molecule has 5 heteroatoms. The van der Waals surface area contributed by atoms with E-state index in [2.05, 4.69) is 5.32 Å². The maximum atomic E-state index is 13.7. The molecule has 1 saturated carbocycles. The molecule has 0 saturated heterocycles.